The summed E-state index contributed by atoms with van der Waals surface area (Å²) in [5.41, 5.74) is 6.24. The van der Waals surface area contributed by atoms with Gasteiger partial charge in [-0.25, -0.2) is 15.0 Å². The van der Waals surface area contributed by atoms with Crippen LogP contribution in [0.2, 0.25) is 0 Å². The summed E-state index contributed by atoms with van der Waals surface area (Å²) < 4.78 is 44.3. The highest BCUT2D eigenvalue weighted by Crippen LogP contribution is 2.45. The largest absolute Gasteiger partial charge is 0.497 e. The number of fused-ring (bicyclic) bond motifs is 1. The third-order valence-corrected chi connectivity index (χ3v) is 10.2. The van der Waals surface area contributed by atoms with Gasteiger partial charge in [0.15, 0.2) is 30.6 Å². The second-order valence-corrected chi connectivity index (χ2v) is 15.1. The van der Waals surface area contributed by atoms with Gasteiger partial charge in [0.25, 0.3) is 0 Å². The first-order valence-corrected chi connectivity index (χ1v) is 19.2. The highest BCUT2D eigenvalue weighted by molar-refractivity contribution is 5.86. The Bertz CT molecular complexity index is 2320. The molecular formula is C45H47N5O10. The maximum absolute atomic E-state index is 14.9. The molecule has 2 aromatic heterocycles. The number of nitrogens with two attached hydrogens (primary N) is 1. The number of hydrogen-bond acceptors (Lipinski definition) is 14. The Morgan fingerprint density at radius 2 is 1.38 bits per heavy atom. The first-order valence-electron chi connectivity index (χ1n) is 19.2. The van der Waals surface area contributed by atoms with E-state index in [4.69, 9.17) is 38.9 Å². The van der Waals surface area contributed by atoms with Gasteiger partial charge in [-0.3, -0.25) is 14.2 Å². The lowest BCUT2D eigenvalue weighted by atomic mass is 9.79. The molecule has 312 valence electrons. The van der Waals surface area contributed by atoms with Crippen molar-refractivity contribution in [1.82, 2.24) is 19.5 Å². The number of rotatable bonds is 16. The first-order chi connectivity index (χ1) is 28.9. The zero-order valence-electron chi connectivity index (χ0n) is 33.8. The lowest BCUT2D eigenvalue weighted by Gasteiger charge is -2.40. The molecule has 1 saturated heterocycles. The van der Waals surface area contributed by atoms with Gasteiger partial charge in [0.2, 0.25) is 5.78 Å². The van der Waals surface area contributed by atoms with Gasteiger partial charge in [0.05, 0.1) is 26.0 Å². The van der Waals surface area contributed by atoms with Gasteiger partial charge < -0.3 is 44.0 Å². The minimum absolute atomic E-state index is 0.117. The van der Waals surface area contributed by atoms with Crippen molar-refractivity contribution in [2.24, 2.45) is 5.41 Å². The van der Waals surface area contributed by atoms with Crippen LogP contribution in [0.15, 0.2) is 122 Å². The van der Waals surface area contributed by atoms with Crippen LogP contribution >= 0.6 is 0 Å². The zero-order valence-corrected chi connectivity index (χ0v) is 33.8. The molecule has 0 bridgehead atoms. The predicted octanol–water partition coefficient (Wildman–Crippen LogP) is 5.64. The van der Waals surface area contributed by atoms with E-state index in [1.165, 1.54) is 17.2 Å². The fourth-order valence-electron chi connectivity index (χ4n) is 7.06. The summed E-state index contributed by atoms with van der Waals surface area (Å²) in [6, 6.07) is 32.9. The average Bonchev–Trinajstić information content (AvgIpc) is 3.85. The molecule has 3 heterocycles. The lowest BCUT2D eigenvalue weighted by molar-refractivity contribution is -0.179. The second kappa shape index (κ2) is 17.8. The molecule has 3 N–H and O–H groups in total. The Balaban J connectivity index is 1.38. The second-order valence-electron chi connectivity index (χ2n) is 15.1. The van der Waals surface area contributed by atoms with Crippen LogP contribution in [-0.4, -0.2) is 88.4 Å². The van der Waals surface area contributed by atoms with Crippen molar-refractivity contribution < 1.29 is 47.9 Å². The number of para-hydroxylation sites is 1. The van der Waals surface area contributed by atoms with Crippen LogP contribution in [-0.2, 0) is 34.1 Å². The number of aliphatic hydroxyl groups is 1. The number of imidazole rings is 1. The number of nitrogen functional groups attached to an aromatic ring is 1. The number of ketones is 1. The SMILES string of the molecule is COc1ccc(C(OC(C(=O)COc2ccccc2)[C@H]2O[C@@H](n3cnc4c(N)ncnc43)[C@H](OCOC(=O)C(C)(C)C)[C@@H]2O)(c2ccccc2)c2ccc(OC)cc2)cc1. The molecule has 0 radical (unpaired) electrons. The standard InChI is InChI=1S/C45H47N5O10/c1-44(2,3)43(53)58-27-57-39-36(52)38(59-42(39)50-26-49-35-40(46)47-25-48-41(35)50)37(34(51)24-56-33-14-10-7-11-15-33)60-45(28-12-8-6-9-13-28,29-16-20-31(54-4)21-17-29)30-18-22-32(55-5)23-19-30/h6-23,25-26,36-39,42,52H,24,27H2,1-5H3,(H2,46,47,48)/t36-,37?,38+,39-,42-/m1/s1. The molecule has 0 amide bonds. The van der Waals surface area contributed by atoms with Crippen LogP contribution in [0.5, 0.6) is 17.2 Å². The minimum atomic E-state index is -1.58. The van der Waals surface area contributed by atoms with E-state index in [0.29, 0.717) is 33.9 Å². The van der Waals surface area contributed by atoms with Gasteiger partial charge in [-0.2, -0.15) is 0 Å². The number of anilines is 1. The van der Waals surface area contributed by atoms with Crippen LogP contribution in [0.4, 0.5) is 5.82 Å². The highest BCUT2D eigenvalue weighted by Gasteiger charge is 2.54. The zero-order chi connectivity index (χ0) is 42.4. The van der Waals surface area contributed by atoms with Gasteiger partial charge in [-0.1, -0.05) is 72.8 Å². The summed E-state index contributed by atoms with van der Waals surface area (Å²) in [7, 11) is 3.14. The summed E-state index contributed by atoms with van der Waals surface area (Å²) in [6.07, 6.45) is -4.33. The monoisotopic (exact) mass is 817 g/mol. The van der Waals surface area contributed by atoms with Gasteiger partial charge in [-0.15, -0.1) is 0 Å². The van der Waals surface area contributed by atoms with Crippen molar-refractivity contribution in [2.45, 2.75) is 57.0 Å². The lowest BCUT2D eigenvalue weighted by Crippen LogP contribution is -2.51. The van der Waals surface area contributed by atoms with Crippen LogP contribution in [0.25, 0.3) is 11.2 Å². The van der Waals surface area contributed by atoms with E-state index in [9.17, 15) is 14.7 Å². The Hall–Kier alpha value is -6.39. The number of ether oxygens (including phenoxy) is 7. The number of Topliss-reactive ketones (excluding diaryl/α,β-unsaturated/α-hetero) is 1. The molecule has 4 aromatic carbocycles. The third-order valence-electron chi connectivity index (χ3n) is 10.2. The van der Waals surface area contributed by atoms with Gasteiger partial charge in [0.1, 0.15) is 59.6 Å². The molecule has 15 heteroatoms. The third kappa shape index (κ3) is 8.51. The number of carbonyl (C=O) groups is 2. The Morgan fingerprint density at radius 3 is 1.97 bits per heavy atom. The molecule has 1 unspecified atom stereocenters. The van der Waals surface area contributed by atoms with Crippen molar-refractivity contribution in [1.29, 1.82) is 0 Å². The smallest absolute Gasteiger partial charge is 0.313 e. The van der Waals surface area contributed by atoms with Crippen molar-refractivity contribution in [3.8, 4) is 17.2 Å². The van der Waals surface area contributed by atoms with E-state index in [1.807, 2.05) is 60.7 Å². The van der Waals surface area contributed by atoms with E-state index in [0.717, 1.165) is 0 Å². The number of benzene rings is 4. The maximum atomic E-state index is 14.9. The minimum Gasteiger partial charge on any atom is -0.497 e. The summed E-state index contributed by atoms with van der Waals surface area (Å²) >= 11 is 0. The summed E-state index contributed by atoms with van der Waals surface area (Å²) in [5.74, 6) is 0.664. The number of carbonyl (C=O) groups excluding carboxylic acids is 2. The molecule has 60 heavy (non-hydrogen) atoms. The van der Waals surface area contributed by atoms with Gasteiger partial charge >= 0.3 is 5.97 Å². The quantitative estimate of drug-likeness (QED) is 0.0694. The Labute approximate surface area is 347 Å². The van der Waals surface area contributed by atoms with Crippen molar-refractivity contribution >= 4 is 28.7 Å². The fraction of sp³-hybridized carbons (Fsp3) is 0.311. The molecule has 0 saturated carbocycles. The Morgan fingerprint density at radius 1 is 0.800 bits per heavy atom. The van der Waals surface area contributed by atoms with Crippen LogP contribution in [0, 0.1) is 5.41 Å². The van der Waals surface area contributed by atoms with E-state index < -0.39 is 66.8 Å². The highest BCUT2D eigenvalue weighted by atomic mass is 16.7. The molecule has 1 aliphatic rings. The Kier molecular flexibility index (Phi) is 12.4. The molecule has 5 atom stereocenters. The maximum Gasteiger partial charge on any atom is 0.313 e. The molecule has 7 rings (SSSR count). The van der Waals surface area contributed by atoms with Crippen LogP contribution in [0.3, 0.4) is 0 Å². The fourth-order valence-corrected chi connectivity index (χ4v) is 7.06. The summed E-state index contributed by atoms with van der Waals surface area (Å²) in [4.78, 5) is 40.6. The number of nitrogens with zero attached hydrogens (tertiary/aromatic N) is 4. The van der Waals surface area contributed by atoms with E-state index in [-0.39, 0.29) is 17.0 Å². The number of hydrogen-bond donors (Lipinski definition) is 2. The van der Waals surface area contributed by atoms with Crippen LogP contribution < -0.4 is 19.9 Å². The predicted molar refractivity (Wildman–Crippen MR) is 219 cm³/mol. The van der Waals surface area contributed by atoms with Crippen LogP contribution in [0.1, 0.15) is 43.7 Å². The normalized spacial score (nSPS) is 18.5. The molecule has 1 aliphatic heterocycles. The van der Waals surface area contributed by atoms with E-state index >= 15 is 0 Å². The molecular weight excluding hydrogens is 771 g/mol. The number of aliphatic hydroxyl groups excluding tert-OH is 1. The van der Waals surface area contributed by atoms with Crippen molar-refractivity contribution in [3.63, 3.8) is 0 Å². The number of esters is 1. The van der Waals surface area contributed by atoms with Gasteiger partial charge in [-0.05, 0) is 73.9 Å². The number of methoxy groups -OCH3 is 2. The molecule has 0 aliphatic carbocycles. The topological polar surface area (TPSA) is 189 Å². The molecule has 15 nitrogen and oxygen atoms in total. The van der Waals surface area contributed by atoms with Crippen molar-refractivity contribution in [2.75, 3.05) is 33.4 Å². The summed E-state index contributed by atoms with van der Waals surface area (Å²) in [6.45, 7) is 4.11. The molecule has 0 spiro atoms. The first kappa shape index (κ1) is 41.8. The van der Waals surface area contributed by atoms with Gasteiger partial charge in [0, 0.05) is 0 Å². The van der Waals surface area contributed by atoms with Crippen molar-refractivity contribution in [3.05, 3.63) is 139 Å². The molecule has 1 fully saturated rings. The van der Waals surface area contributed by atoms with E-state index in [2.05, 4.69) is 15.0 Å². The summed E-state index contributed by atoms with van der Waals surface area (Å²) in [5, 5.41) is 12.4. The average molecular weight is 818 g/mol. The number of aromatic nitrogens is 4. The molecule has 6 aromatic rings. The van der Waals surface area contributed by atoms with E-state index in [1.54, 1.807) is 83.5 Å².